The lowest BCUT2D eigenvalue weighted by molar-refractivity contribution is 0.334. The minimum Gasteiger partial charge on any atom is -0.368 e. The summed E-state index contributed by atoms with van der Waals surface area (Å²) in [5, 5.41) is 0. The van der Waals surface area contributed by atoms with Gasteiger partial charge in [0, 0.05) is 24.3 Å². The molecule has 0 radical (unpaired) electrons. The van der Waals surface area contributed by atoms with Gasteiger partial charge in [0.15, 0.2) is 0 Å². The lowest BCUT2D eigenvalue weighted by Crippen LogP contribution is -2.50. The van der Waals surface area contributed by atoms with Gasteiger partial charge >= 0.3 is 0 Å². The third-order valence-electron chi connectivity index (χ3n) is 3.51. The zero-order chi connectivity index (χ0) is 9.54. The second-order valence-electron chi connectivity index (χ2n) is 4.46. The van der Waals surface area contributed by atoms with E-state index in [0.717, 1.165) is 0 Å². The molecule has 2 heteroatoms. The number of hydrogen-bond acceptors (Lipinski definition) is 2. The van der Waals surface area contributed by atoms with E-state index in [9.17, 15) is 0 Å². The number of hydrogen-bond donors (Lipinski definition) is 1. The van der Waals surface area contributed by atoms with Crippen molar-refractivity contribution in [1.29, 1.82) is 0 Å². The highest BCUT2D eigenvalue weighted by Crippen LogP contribution is 2.35. The smallest absolute Gasteiger partial charge is 0.0402 e. The van der Waals surface area contributed by atoms with Crippen LogP contribution in [0.1, 0.15) is 18.4 Å². The molecule has 14 heavy (non-hydrogen) atoms. The van der Waals surface area contributed by atoms with Crippen molar-refractivity contribution in [1.82, 2.24) is 0 Å². The van der Waals surface area contributed by atoms with E-state index in [-0.39, 0.29) is 0 Å². The highest BCUT2D eigenvalue weighted by Gasteiger charge is 2.34. The maximum absolute atomic E-state index is 5.83. The topological polar surface area (TPSA) is 29.3 Å². The minimum atomic E-state index is 0.452. The minimum absolute atomic E-state index is 0.452. The molecular weight excluding hydrogens is 172 g/mol. The Hall–Kier alpha value is -1.02. The standard InChI is InChI=1S/C12H16N2/c13-10-7-11(8-10)14-6-5-9-3-1-2-4-12(9)14/h1-4,10-11H,5-8,13H2. The first kappa shape index (κ1) is 8.30. The molecule has 1 heterocycles. The third-order valence-corrected chi connectivity index (χ3v) is 3.51. The van der Waals surface area contributed by atoms with Crippen molar-refractivity contribution < 1.29 is 0 Å². The number of benzene rings is 1. The quantitative estimate of drug-likeness (QED) is 0.724. The van der Waals surface area contributed by atoms with Gasteiger partial charge in [0.1, 0.15) is 0 Å². The summed E-state index contributed by atoms with van der Waals surface area (Å²) in [5.74, 6) is 0. The highest BCUT2D eigenvalue weighted by molar-refractivity contribution is 5.59. The van der Waals surface area contributed by atoms with Gasteiger partial charge in [-0.15, -0.1) is 0 Å². The molecule has 1 aliphatic carbocycles. The van der Waals surface area contributed by atoms with Crippen molar-refractivity contribution in [2.24, 2.45) is 5.73 Å². The summed E-state index contributed by atoms with van der Waals surface area (Å²) in [6.45, 7) is 1.19. The lowest BCUT2D eigenvalue weighted by Gasteiger charge is -2.40. The summed E-state index contributed by atoms with van der Waals surface area (Å²) in [7, 11) is 0. The van der Waals surface area contributed by atoms with Crippen LogP contribution in [-0.2, 0) is 6.42 Å². The number of anilines is 1. The summed E-state index contributed by atoms with van der Waals surface area (Å²) in [6, 6.07) is 9.92. The predicted molar refractivity (Wildman–Crippen MR) is 58.5 cm³/mol. The first-order valence-electron chi connectivity index (χ1n) is 5.45. The maximum atomic E-state index is 5.83. The fourth-order valence-electron chi connectivity index (χ4n) is 2.63. The predicted octanol–water partition coefficient (Wildman–Crippen LogP) is 1.54. The summed E-state index contributed by atoms with van der Waals surface area (Å²) in [5.41, 5.74) is 8.79. The van der Waals surface area contributed by atoms with Crippen molar-refractivity contribution in [3.05, 3.63) is 29.8 Å². The van der Waals surface area contributed by atoms with Crippen molar-refractivity contribution in [2.45, 2.75) is 31.3 Å². The van der Waals surface area contributed by atoms with Crippen molar-refractivity contribution in [3.8, 4) is 0 Å². The van der Waals surface area contributed by atoms with Gasteiger partial charge in [-0.1, -0.05) is 18.2 Å². The fraction of sp³-hybridized carbons (Fsp3) is 0.500. The zero-order valence-corrected chi connectivity index (χ0v) is 8.32. The van der Waals surface area contributed by atoms with Crippen molar-refractivity contribution in [3.63, 3.8) is 0 Å². The molecule has 74 valence electrons. The fourth-order valence-corrected chi connectivity index (χ4v) is 2.63. The van der Waals surface area contributed by atoms with Crippen LogP contribution in [0.3, 0.4) is 0 Å². The largest absolute Gasteiger partial charge is 0.368 e. The molecule has 0 spiro atoms. The molecule has 0 unspecified atom stereocenters. The average Bonchev–Trinajstić information content (AvgIpc) is 2.56. The first-order valence-corrected chi connectivity index (χ1v) is 5.45. The summed E-state index contributed by atoms with van der Waals surface area (Å²) < 4.78 is 0. The zero-order valence-electron chi connectivity index (χ0n) is 8.32. The van der Waals surface area contributed by atoms with Crippen LogP contribution >= 0.6 is 0 Å². The second kappa shape index (κ2) is 2.99. The van der Waals surface area contributed by atoms with E-state index >= 15 is 0 Å². The Morgan fingerprint density at radius 3 is 2.79 bits per heavy atom. The highest BCUT2D eigenvalue weighted by atomic mass is 15.2. The van der Waals surface area contributed by atoms with Crippen LogP contribution in [0.2, 0.25) is 0 Å². The van der Waals surface area contributed by atoms with Crippen LogP contribution in [0.25, 0.3) is 0 Å². The SMILES string of the molecule is NC1CC(N2CCc3ccccc32)C1. The van der Waals surface area contributed by atoms with Crippen LogP contribution in [-0.4, -0.2) is 18.6 Å². The summed E-state index contributed by atoms with van der Waals surface area (Å²) >= 11 is 0. The molecule has 1 aromatic carbocycles. The van der Waals surface area contributed by atoms with Gasteiger partial charge in [-0.3, -0.25) is 0 Å². The average molecular weight is 188 g/mol. The molecule has 0 aromatic heterocycles. The van der Waals surface area contributed by atoms with Gasteiger partial charge in [0.2, 0.25) is 0 Å². The molecule has 1 aromatic rings. The molecule has 1 aliphatic heterocycles. The Bertz CT molecular complexity index is 342. The first-order chi connectivity index (χ1) is 6.84. The molecule has 2 N–H and O–H groups in total. The van der Waals surface area contributed by atoms with Crippen LogP contribution in [0, 0.1) is 0 Å². The normalized spacial score (nSPS) is 29.9. The number of nitrogens with two attached hydrogens (primary N) is 1. The number of fused-ring (bicyclic) bond motifs is 1. The van der Waals surface area contributed by atoms with E-state index in [2.05, 4.69) is 29.2 Å². The van der Waals surface area contributed by atoms with E-state index in [4.69, 9.17) is 5.73 Å². The lowest BCUT2D eigenvalue weighted by atomic mass is 9.86. The van der Waals surface area contributed by atoms with Crippen molar-refractivity contribution in [2.75, 3.05) is 11.4 Å². The second-order valence-corrected chi connectivity index (χ2v) is 4.46. The Morgan fingerprint density at radius 1 is 1.21 bits per heavy atom. The van der Waals surface area contributed by atoms with Gasteiger partial charge in [0.05, 0.1) is 0 Å². The number of nitrogens with zero attached hydrogens (tertiary/aromatic N) is 1. The molecule has 2 aliphatic rings. The molecule has 0 bridgehead atoms. The summed E-state index contributed by atoms with van der Waals surface area (Å²) in [6.07, 6.45) is 3.56. The molecule has 2 nitrogen and oxygen atoms in total. The van der Waals surface area contributed by atoms with Gasteiger partial charge in [-0.2, -0.15) is 0 Å². The Morgan fingerprint density at radius 2 is 2.00 bits per heavy atom. The van der Waals surface area contributed by atoms with Crippen LogP contribution in [0.5, 0.6) is 0 Å². The molecule has 1 fully saturated rings. The molecule has 0 atom stereocenters. The molecule has 0 saturated heterocycles. The molecule has 0 amide bonds. The van der Waals surface area contributed by atoms with Crippen LogP contribution in [0.4, 0.5) is 5.69 Å². The van der Waals surface area contributed by atoms with Gasteiger partial charge in [-0.05, 0) is 30.9 Å². The van der Waals surface area contributed by atoms with Gasteiger partial charge < -0.3 is 10.6 Å². The van der Waals surface area contributed by atoms with E-state index in [1.165, 1.54) is 37.1 Å². The van der Waals surface area contributed by atoms with E-state index in [1.54, 1.807) is 0 Å². The van der Waals surface area contributed by atoms with Crippen LogP contribution in [0.15, 0.2) is 24.3 Å². The van der Waals surface area contributed by atoms with Crippen molar-refractivity contribution >= 4 is 5.69 Å². The van der Waals surface area contributed by atoms with E-state index in [1.807, 2.05) is 0 Å². The maximum Gasteiger partial charge on any atom is 0.0402 e. The van der Waals surface area contributed by atoms with E-state index in [0.29, 0.717) is 12.1 Å². The monoisotopic (exact) mass is 188 g/mol. The number of para-hydroxylation sites is 1. The number of rotatable bonds is 1. The Balaban J connectivity index is 1.84. The molecule has 3 rings (SSSR count). The Labute approximate surface area is 84.7 Å². The van der Waals surface area contributed by atoms with Crippen LogP contribution < -0.4 is 10.6 Å². The summed E-state index contributed by atoms with van der Waals surface area (Å²) in [4.78, 5) is 2.54. The Kier molecular flexibility index (Phi) is 1.77. The van der Waals surface area contributed by atoms with Gasteiger partial charge in [0.25, 0.3) is 0 Å². The molecule has 1 saturated carbocycles. The third kappa shape index (κ3) is 1.14. The molecular formula is C12H16N2. The van der Waals surface area contributed by atoms with E-state index < -0.39 is 0 Å². The van der Waals surface area contributed by atoms with Gasteiger partial charge in [-0.25, -0.2) is 0 Å².